The maximum absolute atomic E-state index is 12.3. The van der Waals surface area contributed by atoms with E-state index in [1.807, 2.05) is 0 Å². The number of sulfone groups is 1. The van der Waals surface area contributed by atoms with Crippen LogP contribution in [0, 0.1) is 0 Å². The van der Waals surface area contributed by atoms with Crippen LogP contribution >= 0.6 is 0 Å². The first-order valence-electron chi connectivity index (χ1n) is 6.53. The highest BCUT2D eigenvalue weighted by Gasteiger charge is 2.24. The summed E-state index contributed by atoms with van der Waals surface area (Å²) in [7, 11) is -3.49. The van der Waals surface area contributed by atoms with Crippen molar-refractivity contribution in [1.29, 1.82) is 0 Å². The Morgan fingerprint density at radius 2 is 1.52 bits per heavy atom. The van der Waals surface area contributed by atoms with Gasteiger partial charge in [0, 0.05) is 0 Å². The molecular formula is C16H16O4S. The number of benzene rings is 2. The largest absolute Gasteiger partial charge is 0.461 e. The van der Waals surface area contributed by atoms with Crippen molar-refractivity contribution in [2.75, 3.05) is 6.61 Å². The van der Waals surface area contributed by atoms with Gasteiger partial charge in [0.25, 0.3) is 0 Å². The van der Waals surface area contributed by atoms with E-state index in [-0.39, 0.29) is 11.5 Å². The van der Waals surface area contributed by atoms with Gasteiger partial charge in [-0.3, -0.25) is 0 Å². The first-order valence-corrected chi connectivity index (χ1v) is 8.07. The van der Waals surface area contributed by atoms with Gasteiger partial charge in [0.1, 0.15) is 6.61 Å². The average molecular weight is 304 g/mol. The smallest absolute Gasteiger partial charge is 0.338 e. The molecule has 0 N–H and O–H groups in total. The molecule has 2 aromatic rings. The van der Waals surface area contributed by atoms with Gasteiger partial charge >= 0.3 is 5.97 Å². The predicted octanol–water partition coefficient (Wildman–Crippen LogP) is 2.71. The minimum Gasteiger partial charge on any atom is -0.461 e. The van der Waals surface area contributed by atoms with Gasteiger partial charge in [0.15, 0.2) is 9.84 Å². The van der Waals surface area contributed by atoms with Crippen molar-refractivity contribution >= 4 is 15.8 Å². The molecule has 0 bridgehead atoms. The summed E-state index contributed by atoms with van der Waals surface area (Å²) in [5, 5.41) is -0.799. The number of hydrogen-bond acceptors (Lipinski definition) is 4. The molecule has 1 unspecified atom stereocenters. The van der Waals surface area contributed by atoms with Crippen LogP contribution in [0.4, 0.5) is 0 Å². The molecule has 0 aliphatic rings. The molecule has 21 heavy (non-hydrogen) atoms. The molecule has 1 atom stereocenters. The van der Waals surface area contributed by atoms with E-state index in [0.717, 1.165) is 0 Å². The molecule has 0 fully saturated rings. The second-order valence-electron chi connectivity index (χ2n) is 4.63. The monoisotopic (exact) mass is 304 g/mol. The van der Waals surface area contributed by atoms with Crippen LogP contribution < -0.4 is 0 Å². The highest BCUT2D eigenvalue weighted by molar-refractivity contribution is 7.92. The highest BCUT2D eigenvalue weighted by atomic mass is 32.2. The van der Waals surface area contributed by atoms with Crippen molar-refractivity contribution in [3.8, 4) is 0 Å². The first-order chi connectivity index (χ1) is 10.0. The fourth-order valence-electron chi connectivity index (χ4n) is 1.78. The quantitative estimate of drug-likeness (QED) is 0.797. The molecule has 0 aliphatic carbocycles. The number of rotatable bonds is 5. The second kappa shape index (κ2) is 6.54. The van der Waals surface area contributed by atoms with Gasteiger partial charge in [-0.15, -0.1) is 0 Å². The highest BCUT2D eigenvalue weighted by Crippen LogP contribution is 2.16. The zero-order valence-corrected chi connectivity index (χ0v) is 12.4. The van der Waals surface area contributed by atoms with E-state index in [1.165, 1.54) is 19.1 Å². The molecule has 5 heteroatoms. The molecule has 0 aliphatic heterocycles. The molecule has 0 amide bonds. The molecule has 0 saturated carbocycles. The summed E-state index contributed by atoms with van der Waals surface area (Å²) in [5.41, 5.74) is 0.404. The van der Waals surface area contributed by atoms with Gasteiger partial charge in [0.2, 0.25) is 0 Å². The van der Waals surface area contributed by atoms with Crippen molar-refractivity contribution in [2.24, 2.45) is 0 Å². The number of ether oxygens (including phenoxy) is 1. The summed E-state index contributed by atoms with van der Waals surface area (Å²) in [6.07, 6.45) is 0. The van der Waals surface area contributed by atoms with Gasteiger partial charge in [-0.1, -0.05) is 36.4 Å². The van der Waals surface area contributed by atoms with Crippen molar-refractivity contribution in [3.05, 3.63) is 66.2 Å². The standard InChI is InChI=1S/C16H16O4S/c1-13(21(18,19)15-10-6-3-7-11-15)12-20-16(17)14-8-4-2-5-9-14/h2-11,13H,12H2,1H3. The number of carbonyl (C=O) groups is 1. The lowest BCUT2D eigenvalue weighted by Crippen LogP contribution is -2.25. The molecule has 0 spiro atoms. The molecular weight excluding hydrogens is 288 g/mol. The third kappa shape index (κ3) is 3.70. The van der Waals surface area contributed by atoms with Gasteiger partial charge in [-0.05, 0) is 31.2 Å². The lowest BCUT2D eigenvalue weighted by Gasteiger charge is -2.13. The van der Waals surface area contributed by atoms with Gasteiger partial charge in [-0.2, -0.15) is 0 Å². The Morgan fingerprint density at radius 3 is 2.10 bits per heavy atom. The van der Waals surface area contributed by atoms with E-state index in [1.54, 1.807) is 48.5 Å². The van der Waals surface area contributed by atoms with E-state index < -0.39 is 21.1 Å². The second-order valence-corrected chi connectivity index (χ2v) is 7.00. The Balaban J connectivity index is 2.02. The molecule has 0 aromatic heterocycles. The van der Waals surface area contributed by atoms with Crippen LogP contribution in [-0.4, -0.2) is 26.2 Å². The Bertz CT molecular complexity index is 694. The topological polar surface area (TPSA) is 60.4 Å². The van der Waals surface area contributed by atoms with Crippen LogP contribution in [0.15, 0.2) is 65.6 Å². The third-order valence-electron chi connectivity index (χ3n) is 3.06. The zero-order chi connectivity index (χ0) is 15.3. The minimum absolute atomic E-state index is 0.176. The van der Waals surface area contributed by atoms with E-state index in [4.69, 9.17) is 4.74 Å². The molecule has 110 valence electrons. The molecule has 2 rings (SSSR count). The fraction of sp³-hybridized carbons (Fsp3) is 0.188. The lowest BCUT2D eigenvalue weighted by atomic mass is 10.2. The summed E-state index contributed by atoms with van der Waals surface area (Å²) in [6, 6.07) is 16.6. The maximum atomic E-state index is 12.3. The number of carbonyl (C=O) groups excluding carboxylic acids is 1. The normalized spacial score (nSPS) is 12.6. The first kappa shape index (κ1) is 15.3. The minimum atomic E-state index is -3.49. The Morgan fingerprint density at radius 1 is 1.00 bits per heavy atom. The summed E-state index contributed by atoms with van der Waals surface area (Å²) in [6.45, 7) is 1.35. The van der Waals surface area contributed by atoms with Crippen LogP contribution in [0.3, 0.4) is 0 Å². The van der Waals surface area contributed by atoms with Crippen LogP contribution in [-0.2, 0) is 14.6 Å². The number of hydrogen-bond donors (Lipinski definition) is 0. The van der Waals surface area contributed by atoms with E-state index in [9.17, 15) is 13.2 Å². The predicted molar refractivity (Wildman–Crippen MR) is 79.8 cm³/mol. The molecule has 4 nitrogen and oxygen atoms in total. The lowest BCUT2D eigenvalue weighted by molar-refractivity contribution is 0.0508. The van der Waals surface area contributed by atoms with Crippen molar-refractivity contribution in [2.45, 2.75) is 17.1 Å². The van der Waals surface area contributed by atoms with Crippen LogP contribution in [0.5, 0.6) is 0 Å². The Labute approximate surface area is 124 Å². The summed E-state index contributed by atoms with van der Waals surface area (Å²) in [4.78, 5) is 12.0. The van der Waals surface area contributed by atoms with E-state index in [0.29, 0.717) is 5.56 Å². The van der Waals surface area contributed by atoms with Crippen LogP contribution in [0.25, 0.3) is 0 Å². The fourth-order valence-corrected chi connectivity index (χ4v) is 3.03. The molecule has 0 radical (unpaired) electrons. The SMILES string of the molecule is CC(COC(=O)c1ccccc1)S(=O)(=O)c1ccccc1. The van der Waals surface area contributed by atoms with E-state index in [2.05, 4.69) is 0 Å². The van der Waals surface area contributed by atoms with Crippen molar-refractivity contribution in [1.82, 2.24) is 0 Å². The summed E-state index contributed by atoms with van der Waals surface area (Å²) in [5.74, 6) is -0.522. The molecule has 2 aromatic carbocycles. The summed E-state index contributed by atoms with van der Waals surface area (Å²) < 4.78 is 29.7. The Kier molecular flexibility index (Phi) is 4.75. The Hall–Kier alpha value is -2.14. The maximum Gasteiger partial charge on any atom is 0.338 e. The van der Waals surface area contributed by atoms with Crippen LogP contribution in [0.1, 0.15) is 17.3 Å². The van der Waals surface area contributed by atoms with E-state index >= 15 is 0 Å². The third-order valence-corrected chi connectivity index (χ3v) is 5.18. The van der Waals surface area contributed by atoms with Crippen LogP contribution in [0.2, 0.25) is 0 Å². The average Bonchev–Trinajstić information content (AvgIpc) is 2.53. The van der Waals surface area contributed by atoms with Gasteiger partial charge in [-0.25, -0.2) is 13.2 Å². The van der Waals surface area contributed by atoms with Gasteiger partial charge in [0.05, 0.1) is 15.7 Å². The molecule has 0 heterocycles. The van der Waals surface area contributed by atoms with Crippen molar-refractivity contribution < 1.29 is 17.9 Å². The summed E-state index contributed by atoms with van der Waals surface area (Å²) >= 11 is 0. The zero-order valence-electron chi connectivity index (χ0n) is 11.6. The van der Waals surface area contributed by atoms with Gasteiger partial charge < -0.3 is 4.74 Å². The number of esters is 1. The molecule has 0 saturated heterocycles. The van der Waals surface area contributed by atoms with Crippen molar-refractivity contribution in [3.63, 3.8) is 0 Å².